The number of hydrogen-bond donors (Lipinski definition) is 0. The number of hydrogen-bond acceptors (Lipinski definition) is 6. The molecule has 0 spiro atoms. The molecule has 0 aliphatic carbocycles. The summed E-state index contributed by atoms with van der Waals surface area (Å²) in [5.41, 5.74) is 3.26. The number of aliphatic imine (C=N–C) groups is 1. The van der Waals surface area contributed by atoms with Gasteiger partial charge in [0.25, 0.3) is 0 Å². The molecule has 0 N–H and O–H groups in total. The molecule has 0 saturated heterocycles. The summed E-state index contributed by atoms with van der Waals surface area (Å²) < 4.78 is 12.0. The van der Waals surface area contributed by atoms with Crippen LogP contribution in [0.25, 0.3) is 5.70 Å². The Morgan fingerprint density at radius 1 is 1.17 bits per heavy atom. The van der Waals surface area contributed by atoms with Gasteiger partial charge in [0.1, 0.15) is 12.4 Å². The number of anilines is 1. The smallest absolute Gasteiger partial charge is 0.168 e. The van der Waals surface area contributed by atoms with Crippen LogP contribution in [0.5, 0.6) is 11.5 Å². The highest BCUT2D eigenvalue weighted by molar-refractivity contribution is 8.16. The van der Waals surface area contributed by atoms with E-state index in [-0.39, 0.29) is 0 Å². The maximum absolute atomic E-state index is 6.52. The number of halogens is 1. The molecule has 29 heavy (non-hydrogen) atoms. The fourth-order valence-corrected chi connectivity index (χ4v) is 5.03. The lowest BCUT2D eigenvalue weighted by atomic mass is 10.1. The third-order valence-corrected chi connectivity index (χ3v) is 6.33. The molecule has 2 aromatic rings. The van der Waals surface area contributed by atoms with E-state index in [1.54, 1.807) is 11.8 Å². The summed E-state index contributed by atoms with van der Waals surface area (Å²) in [6, 6.07) is 14.0. The Hall–Kier alpha value is -2.31. The first-order valence-electron chi connectivity index (χ1n) is 9.88. The van der Waals surface area contributed by atoms with Gasteiger partial charge in [-0.15, -0.1) is 0 Å². The van der Waals surface area contributed by atoms with Crippen molar-refractivity contribution in [1.82, 2.24) is 4.90 Å². The standard InChI is InChI=1S/C22H22ClN3O2S/c23-16-13-18(20-15-29-22-24-7-9-26(20)22)21-19(14-16)25(10-12-28-21)8-4-11-27-17-5-2-1-3-6-17/h1-3,5-6,13-15H,4,7-12H2. The third kappa shape index (κ3) is 3.79. The van der Waals surface area contributed by atoms with E-state index in [1.165, 1.54) is 0 Å². The van der Waals surface area contributed by atoms with Gasteiger partial charge in [-0.1, -0.05) is 41.6 Å². The molecule has 150 valence electrons. The normalized spacial score (nSPS) is 17.4. The van der Waals surface area contributed by atoms with E-state index in [1.807, 2.05) is 42.5 Å². The fourth-order valence-electron chi connectivity index (χ4n) is 3.86. The number of ether oxygens (including phenoxy) is 2. The van der Waals surface area contributed by atoms with Gasteiger partial charge in [0.15, 0.2) is 10.9 Å². The Kier molecular flexibility index (Phi) is 5.29. The van der Waals surface area contributed by atoms with Crippen LogP contribution in [0, 0.1) is 0 Å². The topological polar surface area (TPSA) is 37.3 Å². The third-order valence-electron chi connectivity index (χ3n) is 5.21. The average Bonchev–Trinajstić information content (AvgIpc) is 3.36. The Bertz CT molecular complexity index is 964. The lowest BCUT2D eigenvalue weighted by Gasteiger charge is -2.33. The van der Waals surface area contributed by atoms with Crippen LogP contribution < -0.4 is 14.4 Å². The zero-order chi connectivity index (χ0) is 19.6. The Morgan fingerprint density at radius 2 is 2.07 bits per heavy atom. The summed E-state index contributed by atoms with van der Waals surface area (Å²) in [5.74, 6) is 1.83. The van der Waals surface area contributed by atoms with E-state index in [0.29, 0.717) is 13.2 Å². The van der Waals surface area contributed by atoms with Gasteiger partial charge >= 0.3 is 0 Å². The molecule has 0 unspecified atom stereocenters. The van der Waals surface area contributed by atoms with E-state index in [9.17, 15) is 0 Å². The quantitative estimate of drug-likeness (QED) is 0.623. The lowest BCUT2D eigenvalue weighted by Crippen LogP contribution is -2.34. The first-order chi connectivity index (χ1) is 14.3. The van der Waals surface area contributed by atoms with Crippen LogP contribution in [0.1, 0.15) is 12.0 Å². The minimum atomic E-state index is 0.669. The van der Waals surface area contributed by atoms with Gasteiger partial charge in [-0.05, 0) is 30.7 Å². The van der Waals surface area contributed by atoms with Crippen LogP contribution in [-0.4, -0.2) is 49.5 Å². The number of rotatable bonds is 6. The molecule has 3 aliphatic rings. The minimum absolute atomic E-state index is 0.669. The summed E-state index contributed by atoms with van der Waals surface area (Å²) >= 11 is 8.19. The van der Waals surface area contributed by atoms with Crippen molar-refractivity contribution in [3.8, 4) is 11.5 Å². The lowest BCUT2D eigenvalue weighted by molar-refractivity contribution is 0.292. The van der Waals surface area contributed by atoms with E-state index >= 15 is 0 Å². The molecular weight excluding hydrogens is 406 g/mol. The molecule has 5 nitrogen and oxygen atoms in total. The van der Waals surface area contributed by atoms with Gasteiger partial charge in [0.05, 0.1) is 31.1 Å². The molecule has 2 aromatic carbocycles. The van der Waals surface area contributed by atoms with Crippen molar-refractivity contribution < 1.29 is 9.47 Å². The number of thioether (sulfide) groups is 1. The van der Waals surface area contributed by atoms with Crippen molar-refractivity contribution in [1.29, 1.82) is 0 Å². The molecule has 3 aliphatic heterocycles. The van der Waals surface area contributed by atoms with Crippen molar-refractivity contribution in [3.63, 3.8) is 0 Å². The highest BCUT2D eigenvalue weighted by Crippen LogP contribution is 2.45. The van der Waals surface area contributed by atoms with E-state index in [2.05, 4.69) is 20.2 Å². The summed E-state index contributed by atoms with van der Waals surface area (Å²) in [5, 5.41) is 3.95. The van der Waals surface area contributed by atoms with Crippen molar-refractivity contribution >= 4 is 39.9 Å². The maximum Gasteiger partial charge on any atom is 0.168 e. The first-order valence-corrected chi connectivity index (χ1v) is 11.1. The SMILES string of the molecule is Clc1cc(C2=CSC3=NCCN23)c2c(c1)N(CCCOc1ccccc1)CCO2. The predicted octanol–water partition coefficient (Wildman–Crippen LogP) is 4.72. The molecule has 0 fully saturated rings. The molecule has 5 rings (SSSR count). The van der Waals surface area contributed by atoms with Crippen LogP contribution in [0.15, 0.2) is 52.9 Å². The summed E-state index contributed by atoms with van der Waals surface area (Å²) in [6.45, 7) is 4.85. The zero-order valence-electron chi connectivity index (χ0n) is 16.0. The Labute approximate surface area is 179 Å². The largest absolute Gasteiger partial charge is 0.494 e. The molecule has 0 atom stereocenters. The van der Waals surface area contributed by atoms with Crippen LogP contribution in [0.2, 0.25) is 5.02 Å². The number of para-hydroxylation sites is 1. The molecule has 0 saturated carbocycles. The van der Waals surface area contributed by atoms with Crippen molar-refractivity contribution in [2.45, 2.75) is 6.42 Å². The van der Waals surface area contributed by atoms with Gasteiger partial charge in [-0.25, -0.2) is 0 Å². The second-order valence-electron chi connectivity index (χ2n) is 7.09. The van der Waals surface area contributed by atoms with Gasteiger partial charge in [-0.3, -0.25) is 4.99 Å². The molecular formula is C22H22ClN3O2S. The van der Waals surface area contributed by atoms with Gasteiger partial charge in [0.2, 0.25) is 0 Å². The maximum atomic E-state index is 6.52. The number of nitrogens with zero attached hydrogens (tertiary/aromatic N) is 3. The Morgan fingerprint density at radius 3 is 2.97 bits per heavy atom. The summed E-state index contributed by atoms with van der Waals surface area (Å²) in [4.78, 5) is 9.16. The van der Waals surface area contributed by atoms with Gasteiger partial charge in [-0.2, -0.15) is 0 Å². The highest BCUT2D eigenvalue weighted by atomic mass is 35.5. The molecule has 0 radical (unpaired) electrons. The van der Waals surface area contributed by atoms with Crippen molar-refractivity contribution in [2.24, 2.45) is 4.99 Å². The molecule has 0 aromatic heterocycles. The second-order valence-corrected chi connectivity index (χ2v) is 8.36. The minimum Gasteiger partial charge on any atom is -0.494 e. The highest BCUT2D eigenvalue weighted by Gasteiger charge is 2.31. The van der Waals surface area contributed by atoms with Crippen LogP contribution in [0.4, 0.5) is 5.69 Å². The van der Waals surface area contributed by atoms with E-state index < -0.39 is 0 Å². The number of benzene rings is 2. The van der Waals surface area contributed by atoms with Gasteiger partial charge < -0.3 is 19.3 Å². The molecule has 7 heteroatoms. The summed E-state index contributed by atoms with van der Waals surface area (Å²) in [6.07, 6.45) is 0.928. The van der Waals surface area contributed by atoms with Crippen molar-refractivity contribution in [2.75, 3.05) is 44.3 Å². The van der Waals surface area contributed by atoms with Crippen LogP contribution in [-0.2, 0) is 0 Å². The monoisotopic (exact) mass is 427 g/mol. The first kappa shape index (κ1) is 18.7. The van der Waals surface area contributed by atoms with Gasteiger partial charge in [0, 0.05) is 29.1 Å². The van der Waals surface area contributed by atoms with E-state index in [0.717, 1.165) is 71.2 Å². The molecule has 3 heterocycles. The predicted molar refractivity (Wildman–Crippen MR) is 120 cm³/mol. The fraction of sp³-hybridized carbons (Fsp3) is 0.318. The van der Waals surface area contributed by atoms with Crippen LogP contribution in [0.3, 0.4) is 0 Å². The number of fused-ring (bicyclic) bond motifs is 2. The molecule has 0 bridgehead atoms. The average molecular weight is 428 g/mol. The Balaban J connectivity index is 1.32. The van der Waals surface area contributed by atoms with E-state index in [4.69, 9.17) is 21.1 Å². The summed E-state index contributed by atoms with van der Waals surface area (Å²) in [7, 11) is 0. The second kappa shape index (κ2) is 8.20. The van der Waals surface area contributed by atoms with Crippen LogP contribution >= 0.6 is 23.4 Å². The molecule has 0 amide bonds. The van der Waals surface area contributed by atoms with Crippen molar-refractivity contribution in [3.05, 3.63) is 58.5 Å². The zero-order valence-corrected chi connectivity index (χ0v) is 17.6. The number of amidine groups is 1.